The Morgan fingerprint density at radius 1 is 1.08 bits per heavy atom. The van der Waals surface area contributed by atoms with E-state index < -0.39 is 0 Å². The zero-order valence-corrected chi connectivity index (χ0v) is 17.2. The summed E-state index contributed by atoms with van der Waals surface area (Å²) in [5.41, 5.74) is 2.80. The second-order valence-corrected chi connectivity index (χ2v) is 5.61. The number of anilines is 1. The van der Waals surface area contributed by atoms with Crippen molar-refractivity contribution in [1.82, 2.24) is 10.6 Å². The molecule has 2 aromatic rings. The van der Waals surface area contributed by atoms with Gasteiger partial charge in [-0.3, -0.25) is 9.79 Å². The average Bonchev–Trinajstić information content (AvgIpc) is 2.59. The maximum Gasteiger partial charge on any atom is 0.221 e. The van der Waals surface area contributed by atoms with Gasteiger partial charge in [-0.2, -0.15) is 0 Å². The van der Waals surface area contributed by atoms with Gasteiger partial charge in [-0.25, -0.2) is 4.39 Å². The Bertz CT molecular complexity index is 735. The lowest BCUT2D eigenvalue weighted by molar-refractivity contribution is -0.114. The summed E-state index contributed by atoms with van der Waals surface area (Å²) in [6.45, 7) is 2.70. The lowest BCUT2D eigenvalue weighted by Crippen LogP contribution is -2.37. The maximum absolute atomic E-state index is 13.2. The molecule has 26 heavy (non-hydrogen) atoms. The highest BCUT2D eigenvalue weighted by Gasteiger charge is 2.01. The first-order valence-corrected chi connectivity index (χ1v) is 8.12. The van der Waals surface area contributed by atoms with Crippen LogP contribution in [0.5, 0.6) is 0 Å². The van der Waals surface area contributed by atoms with Crippen LogP contribution < -0.4 is 16.0 Å². The van der Waals surface area contributed by atoms with Crippen LogP contribution in [0.4, 0.5) is 10.1 Å². The van der Waals surface area contributed by atoms with Crippen molar-refractivity contribution in [2.45, 2.75) is 19.9 Å². The molecule has 0 aliphatic rings. The molecular formula is C19H24FIN4O. The molecule has 0 saturated carbocycles. The molecule has 0 aliphatic carbocycles. The molecule has 0 spiro atoms. The van der Waals surface area contributed by atoms with E-state index in [-0.39, 0.29) is 35.7 Å². The molecule has 0 aromatic heterocycles. The number of amides is 1. The van der Waals surface area contributed by atoms with Crippen molar-refractivity contribution in [1.29, 1.82) is 0 Å². The van der Waals surface area contributed by atoms with Gasteiger partial charge >= 0.3 is 0 Å². The molecule has 7 heteroatoms. The molecule has 0 fully saturated rings. The first-order chi connectivity index (χ1) is 12.1. The summed E-state index contributed by atoms with van der Waals surface area (Å²) in [5, 5.41) is 9.12. The van der Waals surface area contributed by atoms with Crippen molar-refractivity contribution in [2.75, 3.05) is 18.9 Å². The van der Waals surface area contributed by atoms with E-state index in [4.69, 9.17) is 0 Å². The Kier molecular flexibility index (Phi) is 9.64. The highest BCUT2D eigenvalue weighted by atomic mass is 127. The van der Waals surface area contributed by atoms with Gasteiger partial charge in [0.15, 0.2) is 5.96 Å². The lowest BCUT2D eigenvalue weighted by Gasteiger charge is -2.12. The van der Waals surface area contributed by atoms with Crippen molar-refractivity contribution in [3.8, 4) is 0 Å². The van der Waals surface area contributed by atoms with Crippen LogP contribution in [0.2, 0.25) is 0 Å². The summed E-state index contributed by atoms with van der Waals surface area (Å²) in [6.07, 6.45) is 0.820. The predicted molar refractivity (Wildman–Crippen MR) is 114 cm³/mol. The van der Waals surface area contributed by atoms with Crippen LogP contribution in [-0.4, -0.2) is 25.5 Å². The molecule has 0 atom stereocenters. The largest absolute Gasteiger partial charge is 0.356 e. The van der Waals surface area contributed by atoms with Gasteiger partial charge in [0.05, 0.1) is 0 Å². The van der Waals surface area contributed by atoms with Crippen LogP contribution in [0.15, 0.2) is 53.5 Å². The van der Waals surface area contributed by atoms with Gasteiger partial charge in [0, 0.05) is 32.7 Å². The van der Waals surface area contributed by atoms with E-state index >= 15 is 0 Å². The third-order valence-electron chi connectivity index (χ3n) is 3.55. The highest BCUT2D eigenvalue weighted by Crippen LogP contribution is 2.09. The number of carbonyl (C=O) groups is 1. The van der Waals surface area contributed by atoms with Gasteiger partial charge in [0.1, 0.15) is 5.82 Å². The minimum atomic E-state index is -0.245. The quantitative estimate of drug-likeness (QED) is 0.345. The molecular weight excluding hydrogens is 446 g/mol. The minimum absolute atomic E-state index is 0. The second kappa shape index (κ2) is 11.5. The monoisotopic (exact) mass is 470 g/mol. The van der Waals surface area contributed by atoms with Gasteiger partial charge in [-0.15, -0.1) is 24.0 Å². The van der Waals surface area contributed by atoms with Crippen LogP contribution in [0.3, 0.4) is 0 Å². The normalized spacial score (nSPS) is 10.7. The number of halogens is 2. The Morgan fingerprint density at radius 2 is 1.81 bits per heavy atom. The van der Waals surface area contributed by atoms with Gasteiger partial charge in [-0.05, 0) is 41.8 Å². The van der Waals surface area contributed by atoms with Crippen LogP contribution >= 0.6 is 24.0 Å². The average molecular weight is 470 g/mol. The van der Waals surface area contributed by atoms with E-state index in [9.17, 15) is 9.18 Å². The molecule has 2 rings (SSSR count). The van der Waals surface area contributed by atoms with Gasteiger partial charge in [0.25, 0.3) is 0 Å². The highest BCUT2D eigenvalue weighted by molar-refractivity contribution is 14.0. The molecule has 0 unspecified atom stereocenters. The zero-order chi connectivity index (χ0) is 18.1. The van der Waals surface area contributed by atoms with E-state index in [1.165, 1.54) is 19.1 Å². The fourth-order valence-corrected chi connectivity index (χ4v) is 2.34. The molecule has 3 N–H and O–H groups in total. The number of benzene rings is 2. The Morgan fingerprint density at radius 3 is 2.42 bits per heavy atom. The number of hydrogen-bond donors (Lipinski definition) is 3. The topological polar surface area (TPSA) is 65.5 Å². The summed E-state index contributed by atoms with van der Waals surface area (Å²) < 4.78 is 13.2. The SMILES string of the molecule is CN=C(NCCc1ccc(NC(C)=O)cc1)NCc1cccc(F)c1.I. The standard InChI is InChI=1S/C19H23FN4O.HI/c1-14(25)24-18-8-6-15(7-9-18)10-11-22-19(21-2)23-13-16-4-3-5-17(20)12-16;/h3-9,12H,10-11,13H2,1-2H3,(H,24,25)(H2,21,22,23);1H. The van der Waals surface area contributed by atoms with Crippen LogP contribution in [0.1, 0.15) is 18.1 Å². The van der Waals surface area contributed by atoms with Crippen molar-refractivity contribution in [2.24, 2.45) is 4.99 Å². The minimum Gasteiger partial charge on any atom is -0.356 e. The summed E-state index contributed by atoms with van der Waals surface area (Å²) in [4.78, 5) is 15.2. The molecule has 140 valence electrons. The van der Waals surface area contributed by atoms with E-state index in [0.29, 0.717) is 19.0 Å². The second-order valence-electron chi connectivity index (χ2n) is 5.61. The van der Waals surface area contributed by atoms with Crippen molar-refractivity contribution in [3.05, 3.63) is 65.5 Å². The van der Waals surface area contributed by atoms with Gasteiger partial charge in [-0.1, -0.05) is 24.3 Å². The summed E-state index contributed by atoms with van der Waals surface area (Å²) in [6, 6.07) is 14.2. The lowest BCUT2D eigenvalue weighted by atomic mass is 10.1. The molecule has 0 saturated heterocycles. The van der Waals surface area contributed by atoms with Crippen molar-refractivity contribution in [3.63, 3.8) is 0 Å². The molecule has 0 radical (unpaired) electrons. The van der Waals surface area contributed by atoms with Crippen molar-refractivity contribution >= 4 is 41.5 Å². The zero-order valence-electron chi connectivity index (χ0n) is 14.9. The number of carbonyl (C=O) groups excluding carboxylic acids is 1. The smallest absolute Gasteiger partial charge is 0.221 e. The molecule has 2 aromatic carbocycles. The van der Waals surface area contributed by atoms with Crippen LogP contribution in [-0.2, 0) is 17.8 Å². The first kappa shape index (κ1) is 21.9. The number of nitrogens with one attached hydrogen (secondary N) is 3. The molecule has 1 amide bonds. The summed E-state index contributed by atoms with van der Waals surface area (Å²) in [5.74, 6) is 0.340. The molecule has 0 bridgehead atoms. The van der Waals surface area contributed by atoms with E-state index in [2.05, 4.69) is 20.9 Å². The molecule has 0 heterocycles. The van der Waals surface area contributed by atoms with Crippen LogP contribution in [0.25, 0.3) is 0 Å². The number of nitrogens with zero attached hydrogens (tertiary/aromatic N) is 1. The Hall–Kier alpha value is -2.16. The fourth-order valence-electron chi connectivity index (χ4n) is 2.34. The number of aliphatic imine (C=N–C) groups is 1. The Balaban J connectivity index is 0.00000338. The van der Waals surface area contributed by atoms with Gasteiger partial charge in [0.2, 0.25) is 5.91 Å². The third kappa shape index (κ3) is 7.81. The van der Waals surface area contributed by atoms with Gasteiger partial charge < -0.3 is 16.0 Å². The number of rotatable bonds is 6. The van der Waals surface area contributed by atoms with E-state index in [1.54, 1.807) is 13.1 Å². The summed E-state index contributed by atoms with van der Waals surface area (Å²) in [7, 11) is 1.70. The Labute approximate surface area is 170 Å². The predicted octanol–water partition coefficient (Wildman–Crippen LogP) is 3.31. The fraction of sp³-hybridized carbons (Fsp3) is 0.263. The number of hydrogen-bond acceptors (Lipinski definition) is 2. The van der Waals surface area contributed by atoms with E-state index in [1.807, 2.05) is 30.3 Å². The van der Waals surface area contributed by atoms with E-state index in [0.717, 1.165) is 23.2 Å². The number of guanidine groups is 1. The first-order valence-electron chi connectivity index (χ1n) is 8.12. The maximum atomic E-state index is 13.2. The third-order valence-corrected chi connectivity index (χ3v) is 3.55. The van der Waals surface area contributed by atoms with Crippen molar-refractivity contribution < 1.29 is 9.18 Å². The molecule has 0 aliphatic heterocycles. The summed E-state index contributed by atoms with van der Waals surface area (Å²) >= 11 is 0. The molecule has 5 nitrogen and oxygen atoms in total. The van der Waals surface area contributed by atoms with Crippen LogP contribution in [0, 0.1) is 5.82 Å².